The lowest BCUT2D eigenvalue weighted by Gasteiger charge is -2.31. The highest BCUT2D eigenvalue weighted by Gasteiger charge is 2.31. The van der Waals surface area contributed by atoms with Crippen molar-refractivity contribution in [2.24, 2.45) is 0 Å². The first-order valence-corrected chi connectivity index (χ1v) is 27.7. The Hall–Kier alpha value is -1.93. The van der Waals surface area contributed by atoms with Crippen LogP contribution >= 0.6 is 0 Å². The summed E-state index contributed by atoms with van der Waals surface area (Å²) in [6, 6.07) is -0.611. The van der Waals surface area contributed by atoms with Crippen molar-refractivity contribution >= 4 is 17.9 Å². The number of hydrogen-bond acceptors (Lipinski definition) is 6. The molecule has 0 aliphatic heterocycles. The monoisotopic (exact) mass is 907 g/mol. The van der Waals surface area contributed by atoms with Gasteiger partial charge < -0.3 is 23.8 Å². The number of carboxylic acid groups (broad SMARTS) is 1. The largest absolute Gasteiger partial charge is 0.477 e. The molecule has 64 heavy (non-hydrogen) atoms. The van der Waals surface area contributed by atoms with E-state index < -0.39 is 18.1 Å². The molecule has 8 nitrogen and oxygen atoms in total. The summed E-state index contributed by atoms with van der Waals surface area (Å²) in [5.74, 6) is -1.44. The fourth-order valence-corrected chi connectivity index (χ4v) is 8.62. The lowest BCUT2D eigenvalue weighted by molar-refractivity contribution is -0.887. The zero-order chi connectivity index (χ0) is 47.0. The molecule has 2 unspecified atom stereocenters. The Bertz CT molecular complexity index is 1060. The van der Waals surface area contributed by atoms with Crippen LogP contribution in [0.4, 0.5) is 0 Å². The predicted molar refractivity (Wildman–Crippen MR) is 271 cm³/mol. The van der Waals surface area contributed by atoms with Gasteiger partial charge in [-0.05, 0) is 38.5 Å². The van der Waals surface area contributed by atoms with E-state index in [1.54, 1.807) is 0 Å². The molecule has 0 saturated carbocycles. The van der Waals surface area contributed by atoms with Crippen molar-refractivity contribution < 1.29 is 38.2 Å². The fourth-order valence-electron chi connectivity index (χ4n) is 8.62. The van der Waals surface area contributed by atoms with Gasteiger partial charge >= 0.3 is 17.9 Å². The molecule has 2 atom stereocenters. The van der Waals surface area contributed by atoms with E-state index in [4.69, 9.17) is 14.2 Å². The molecule has 0 radical (unpaired) electrons. The van der Waals surface area contributed by atoms with Crippen LogP contribution in [0.3, 0.4) is 0 Å². The van der Waals surface area contributed by atoms with Gasteiger partial charge in [0.05, 0.1) is 34.4 Å². The average molecular weight is 907 g/mol. The molecule has 0 amide bonds. The van der Waals surface area contributed by atoms with E-state index in [-0.39, 0.29) is 36.2 Å². The average Bonchev–Trinajstić information content (AvgIpc) is 3.26. The standard InChI is InChI=1S/C56H107NO7/c1-6-8-10-12-14-16-18-20-22-24-25-26-27-28-29-31-33-35-37-39-41-43-45-47-55(59)64-52(50-62-49-48-53(56(60)61)57(3,4)5)51-63-54(58)46-44-42-40-38-36-34-32-30-23-21-19-17-15-13-11-9-7-2/h24-25,52-53H,6-23,26-51H2,1-5H3/p+1/b25-24-. The first-order chi connectivity index (χ1) is 31.1. The second-order valence-corrected chi connectivity index (χ2v) is 20.2. The Balaban J connectivity index is 4.15. The Kier molecular flexibility index (Phi) is 46.1. The van der Waals surface area contributed by atoms with Crippen LogP contribution in [0.2, 0.25) is 0 Å². The Labute approximate surface area is 397 Å². The van der Waals surface area contributed by atoms with E-state index >= 15 is 0 Å². The second kappa shape index (κ2) is 47.6. The Morgan fingerprint density at radius 3 is 1.12 bits per heavy atom. The minimum absolute atomic E-state index is 0.0440. The van der Waals surface area contributed by atoms with Crippen molar-refractivity contribution in [2.45, 2.75) is 289 Å². The zero-order valence-electron chi connectivity index (χ0n) is 43.3. The SMILES string of the molecule is CCCCCCCCCC/C=C\CCCCCCCCCCCCCC(=O)OC(COCCC(C(=O)O)[N+](C)(C)C)COC(=O)CCCCCCCCCCCCCCCCCCC. The van der Waals surface area contributed by atoms with Crippen LogP contribution < -0.4 is 0 Å². The number of carboxylic acids is 1. The summed E-state index contributed by atoms with van der Waals surface area (Å²) in [5, 5.41) is 9.67. The number of esters is 2. The van der Waals surface area contributed by atoms with Crippen molar-refractivity contribution in [3.05, 3.63) is 12.2 Å². The van der Waals surface area contributed by atoms with Crippen molar-refractivity contribution in [3.63, 3.8) is 0 Å². The molecule has 0 heterocycles. The van der Waals surface area contributed by atoms with Gasteiger partial charge in [-0.2, -0.15) is 0 Å². The molecular weight excluding hydrogens is 799 g/mol. The zero-order valence-corrected chi connectivity index (χ0v) is 43.3. The van der Waals surface area contributed by atoms with Gasteiger partial charge in [0.1, 0.15) is 6.61 Å². The summed E-state index contributed by atoms with van der Waals surface area (Å²) in [6.45, 7) is 4.79. The van der Waals surface area contributed by atoms with E-state index in [0.717, 1.165) is 38.5 Å². The number of nitrogens with zero attached hydrogens (tertiary/aromatic N) is 1. The van der Waals surface area contributed by atoms with Gasteiger partial charge in [-0.15, -0.1) is 0 Å². The van der Waals surface area contributed by atoms with Gasteiger partial charge in [0.2, 0.25) is 0 Å². The molecule has 0 aromatic carbocycles. The quantitative estimate of drug-likeness (QED) is 0.0281. The maximum absolute atomic E-state index is 12.8. The number of hydrogen-bond donors (Lipinski definition) is 1. The van der Waals surface area contributed by atoms with Crippen LogP contribution in [0, 0.1) is 0 Å². The van der Waals surface area contributed by atoms with Crippen molar-refractivity contribution in [1.82, 2.24) is 0 Å². The van der Waals surface area contributed by atoms with Gasteiger partial charge in [-0.3, -0.25) is 9.59 Å². The summed E-state index contributed by atoms with van der Waals surface area (Å²) < 4.78 is 17.4. The number of ether oxygens (including phenoxy) is 3. The molecule has 0 aromatic rings. The van der Waals surface area contributed by atoms with E-state index in [0.29, 0.717) is 19.3 Å². The van der Waals surface area contributed by atoms with Gasteiger partial charge in [-0.25, -0.2) is 4.79 Å². The third-order valence-electron chi connectivity index (χ3n) is 12.9. The molecule has 378 valence electrons. The summed E-state index contributed by atoms with van der Waals surface area (Å²) in [4.78, 5) is 37.2. The molecule has 0 aliphatic carbocycles. The first-order valence-electron chi connectivity index (χ1n) is 27.7. The molecule has 0 aliphatic rings. The number of carbonyl (C=O) groups is 3. The number of aliphatic carboxylic acids is 1. The molecule has 0 aromatic heterocycles. The van der Waals surface area contributed by atoms with E-state index in [9.17, 15) is 19.5 Å². The molecular formula is C56H108NO7+. The minimum atomic E-state index is -0.870. The number of likely N-dealkylation sites (N-methyl/N-ethyl adjacent to an activating group) is 1. The first kappa shape index (κ1) is 62.1. The molecule has 0 saturated heterocycles. The van der Waals surface area contributed by atoms with Crippen molar-refractivity contribution in [3.8, 4) is 0 Å². The molecule has 8 heteroatoms. The molecule has 1 N–H and O–H groups in total. The Morgan fingerprint density at radius 1 is 0.453 bits per heavy atom. The van der Waals surface area contributed by atoms with Crippen LogP contribution in [0.1, 0.15) is 277 Å². The predicted octanol–water partition coefficient (Wildman–Crippen LogP) is 16.2. The maximum Gasteiger partial charge on any atom is 0.362 e. The fraction of sp³-hybridized carbons (Fsp3) is 0.911. The van der Waals surface area contributed by atoms with Crippen molar-refractivity contribution in [1.29, 1.82) is 0 Å². The molecule has 0 fully saturated rings. The number of unbranched alkanes of at least 4 members (excludes halogenated alkanes) is 35. The highest BCUT2D eigenvalue weighted by atomic mass is 16.6. The van der Waals surface area contributed by atoms with E-state index in [1.807, 2.05) is 21.1 Å². The van der Waals surface area contributed by atoms with E-state index in [1.165, 1.54) is 205 Å². The van der Waals surface area contributed by atoms with Crippen LogP contribution in [-0.2, 0) is 28.6 Å². The van der Waals surface area contributed by atoms with Gasteiger partial charge in [0.15, 0.2) is 12.1 Å². The number of carbonyl (C=O) groups excluding carboxylic acids is 2. The Morgan fingerprint density at radius 2 is 0.781 bits per heavy atom. The molecule has 0 bridgehead atoms. The summed E-state index contributed by atoms with van der Waals surface area (Å²) in [7, 11) is 5.55. The maximum atomic E-state index is 12.8. The van der Waals surface area contributed by atoms with Gasteiger partial charge in [-0.1, -0.05) is 231 Å². The van der Waals surface area contributed by atoms with E-state index in [2.05, 4.69) is 26.0 Å². The smallest absolute Gasteiger partial charge is 0.362 e. The van der Waals surface area contributed by atoms with Crippen LogP contribution in [0.15, 0.2) is 12.2 Å². The summed E-state index contributed by atoms with van der Waals surface area (Å²) in [5.41, 5.74) is 0. The van der Waals surface area contributed by atoms with Crippen LogP contribution in [-0.4, -0.2) is 80.6 Å². The third-order valence-corrected chi connectivity index (χ3v) is 12.9. The number of allylic oxidation sites excluding steroid dienone is 2. The van der Waals surface area contributed by atoms with Crippen molar-refractivity contribution in [2.75, 3.05) is 41.0 Å². The van der Waals surface area contributed by atoms with Crippen LogP contribution in [0.5, 0.6) is 0 Å². The van der Waals surface area contributed by atoms with Gasteiger partial charge in [0.25, 0.3) is 0 Å². The lowest BCUT2D eigenvalue weighted by Crippen LogP contribution is -2.50. The lowest BCUT2D eigenvalue weighted by atomic mass is 10.0. The third kappa shape index (κ3) is 45.2. The highest BCUT2D eigenvalue weighted by molar-refractivity contribution is 5.72. The van der Waals surface area contributed by atoms with Crippen LogP contribution in [0.25, 0.3) is 0 Å². The second-order valence-electron chi connectivity index (χ2n) is 20.2. The summed E-state index contributed by atoms with van der Waals surface area (Å²) >= 11 is 0. The minimum Gasteiger partial charge on any atom is -0.477 e. The normalized spacial score (nSPS) is 12.8. The summed E-state index contributed by atoms with van der Waals surface area (Å²) in [6.07, 6.45) is 54.1. The number of quaternary nitrogens is 1. The number of rotatable bonds is 51. The molecule has 0 rings (SSSR count). The van der Waals surface area contributed by atoms with Gasteiger partial charge in [0, 0.05) is 19.3 Å². The molecule has 0 spiro atoms. The highest BCUT2D eigenvalue weighted by Crippen LogP contribution is 2.17. The topological polar surface area (TPSA) is 99.1 Å².